The Morgan fingerprint density at radius 2 is 1.82 bits per heavy atom. The van der Waals surface area contributed by atoms with Crippen molar-refractivity contribution < 1.29 is 22.7 Å². The van der Waals surface area contributed by atoms with E-state index in [-0.39, 0.29) is 23.5 Å². The van der Waals surface area contributed by atoms with Gasteiger partial charge in [-0.1, -0.05) is 29.3 Å². The Morgan fingerprint density at radius 1 is 1.10 bits per heavy atom. The lowest BCUT2D eigenvalue weighted by atomic mass is 9.95. The van der Waals surface area contributed by atoms with Gasteiger partial charge < -0.3 is 15.3 Å². The molecule has 0 amide bonds. The fourth-order valence-corrected chi connectivity index (χ4v) is 5.65. The lowest BCUT2D eigenvalue weighted by Gasteiger charge is -2.24. The van der Waals surface area contributed by atoms with E-state index in [1.54, 1.807) is 0 Å². The van der Waals surface area contributed by atoms with Gasteiger partial charge in [0.05, 0.1) is 16.6 Å². The van der Waals surface area contributed by atoms with Crippen LogP contribution in [0.2, 0.25) is 0 Å². The number of aromatic nitrogens is 2. The molecule has 0 radical (unpaired) electrons. The summed E-state index contributed by atoms with van der Waals surface area (Å²) in [5, 5.41) is 13.4. The average molecular weight is 555 g/mol. The molecule has 0 unspecified atom stereocenters. The molecule has 0 saturated carbocycles. The normalized spacial score (nSPS) is 15.8. The number of nitrogens with zero attached hydrogens (tertiary/aromatic N) is 3. The highest BCUT2D eigenvalue weighted by Gasteiger charge is 2.36. The van der Waals surface area contributed by atoms with Gasteiger partial charge in [-0.25, -0.2) is 4.39 Å². The van der Waals surface area contributed by atoms with Crippen molar-refractivity contribution in [2.75, 3.05) is 20.1 Å². The van der Waals surface area contributed by atoms with Crippen molar-refractivity contribution in [2.45, 2.75) is 45.5 Å². The summed E-state index contributed by atoms with van der Waals surface area (Å²) < 4.78 is 57.4. The molecular weight excluding hydrogens is 524 g/mol. The topological polar surface area (TPSA) is 70.4 Å². The minimum absolute atomic E-state index is 0.0136. The maximum atomic E-state index is 14.3. The van der Waals surface area contributed by atoms with E-state index in [0.29, 0.717) is 22.2 Å². The number of phenolic OH excluding ortho intramolecular Hbond substituents is 1. The molecular formula is C30H30F4N4O2. The van der Waals surface area contributed by atoms with Crippen LogP contribution in [-0.2, 0) is 12.7 Å². The third-order valence-electron chi connectivity index (χ3n) is 7.22. The minimum atomic E-state index is -4.95. The smallest absolute Gasteiger partial charge is 0.431 e. The average Bonchev–Trinajstić information content (AvgIpc) is 3.35. The summed E-state index contributed by atoms with van der Waals surface area (Å²) in [6.45, 7) is 5.77. The molecule has 0 spiro atoms. The van der Waals surface area contributed by atoms with Gasteiger partial charge in [-0.2, -0.15) is 13.2 Å². The maximum Gasteiger partial charge on any atom is 0.431 e. The quantitative estimate of drug-likeness (QED) is 0.299. The lowest BCUT2D eigenvalue weighted by Crippen LogP contribution is -2.35. The summed E-state index contributed by atoms with van der Waals surface area (Å²) >= 11 is 0. The number of halogens is 4. The molecule has 2 N–H and O–H groups in total. The van der Waals surface area contributed by atoms with Gasteiger partial charge in [0.25, 0.3) is 5.56 Å². The lowest BCUT2D eigenvalue weighted by molar-refractivity contribution is -0.142. The molecule has 1 aliphatic heterocycles. The highest BCUT2D eigenvalue weighted by Crippen LogP contribution is 2.35. The van der Waals surface area contributed by atoms with Crippen LogP contribution in [0, 0.1) is 19.7 Å². The third-order valence-corrected chi connectivity index (χ3v) is 7.22. The van der Waals surface area contributed by atoms with Crippen molar-refractivity contribution in [3.63, 3.8) is 0 Å². The molecule has 0 bridgehead atoms. The fourth-order valence-electron chi connectivity index (χ4n) is 5.65. The second-order valence-electron chi connectivity index (χ2n) is 10.6. The van der Waals surface area contributed by atoms with Crippen LogP contribution in [0.5, 0.6) is 5.75 Å². The molecule has 1 saturated heterocycles. The van der Waals surface area contributed by atoms with Gasteiger partial charge in [0, 0.05) is 43.0 Å². The number of phenols is 1. The number of benzene rings is 2. The number of nitrogens with one attached hydrogen (secondary N) is 1. The number of hydrogen-bond donors (Lipinski definition) is 2. The van der Waals surface area contributed by atoms with Crippen molar-refractivity contribution >= 4 is 10.9 Å². The number of pyridine rings is 2. The largest absolute Gasteiger partial charge is 0.508 e. The number of hydrogen-bond acceptors (Lipinski definition) is 5. The van der Waals surface area contributed by atoms with E-state index >= 15 is 0 Å². The van der Waals surface area contributed by atoms with Crippen LogP contribution in [0.1, 0.15) is 35.2 Å². The number of alkyl halides is 3. The molecule has 2 aromatic heterocycles. The third kappa shape index (κ3) is 5.59. The molecule has 1 atom stereocenters. The monoisotopic (exact) mass is 554 g/mol. The van der Waals surface area contributed by atoms with Gasteiger partial charge in [-0.15, -0.1) is 0 Å². The van der Waals surface area contributed by atoms with E-state index in [4.69, 9.17) is 0 Å². The molecule has 1 fully saturated rings. The zero-order chi connectivity index (χ0) is 28.8. The predicted octanol–water partition coefficient (Wildman–Crippen LogP) is 5.72. The van der Waals surface area contributed by atoms with E-state index in [0.717, 1.165) is 60.3 Å². The Labute approximate surface area is 228 Å². The Morgan fingerprint density at radius 3 is 2.45 bits per heavy atom. The van der Waals surface area contributed by atoms with Gasteiger partial charge in [0.2, 0.25) is 0 Å². The van der Waals surface area contributed by atoms with Gasteiger partial charge in [-0.05, 0) is 63.5 Å². The van der Waals surface area contributed by atoms with Crippen molar-refractivity contribution in [2.24, 2.45) is 0 Å². The first-order valence-electron chi connectivity index (χ1n) is 13.1. The molecule has 2 aromatic carbocycles. The van der Waals surface area contributed by atoms with Gasteiger partial charge >= 0.3 is 6.18 Å². The van der Waals surface area contributed by atoms with E-state index in [9.17, 15) is 27.5 Å². The fraction of sp³-hybridized carbons (Fsp3) is 0.333. The standard InChI is InChI=1S/C30H30F4N4O2/c1-17-7-18(2)9-19(8-17)24-14-36-26-13-27(30(32,33)34)38(22-10-20(31)11-23(39)12-22)29(40)28(26)25(24)16-37(3)15-21-5-4-6-35-21/h7-14,21,35,39H,4-6,15-16H2,1-3H3/t21-/m0/s1. The summed E-state index contributed by atoms with van der Waals surface area (Å²) in [5.41, 5.74) is 1.11. The molecule has 5 rings (SSSR count). The second-order valence-corrected chi connectivity index (χ2v) is 10.6. The van der Waals surface area contributed by atoms with E-state index in [1.165, 1.54) is 6.20 Å². The first-order valence-corrected chi connectivity index (χ1v) is 13.1. The number of aryl methyl sites for hydroxylation is 2. The Balaban J connectivity index is 1.81. The number of likely N-dealkylation sites (N-methyl/N-ethyl adjacent to an activating group) is 1. The van der Waals surface area contributed by atoms with Gasteiger partial charge in [-0.3, -0.25) is 14.3 Å². The summed E-state index contributed by atoms with van der Waals surface area (Å²) in [4.78, 5) is 20.4. The maximum absolute atomic E-state index is 14.3. The molecule has 6 nitrogen and oxygen atoms in total. The molecule has 4 aromatic rings. The Kier molecular flexibility index (Phi) is 7.41. The summed E-state index contributed by atoms with van der Waals surface area (Å²) in [6.07, 6.45) is -1.36. The van der Waals surface area contributed by atoms with E-state index < -0.39 is 34.7 Å². The van der Waals surface area contributed by atoms with Crippen molar-refractivity contribution in [3.8, 4) is 22.6 Å². The summed E-state index contributed by atoms with van der Waals surface area (Å²) in [5.74, 6) is -1.57. The van der Waals surface area contributed by atoms with Crippen LogP contribution in [0.3, 0.4) is 0 Å². The van der Waals surface area contributed by atoms with Crippen LogP contribution < -0.4 is 10.9 Å². The van der Waals surface area contributed by atoms with Gasteiger partial charge in [0.1, 0.15) is 17.3 Å². The zero-order valence-electron chi connectivity index (χ0n) is 22.4. The second kappa shape index (κ2) is 10.7. The van der Waals surface area contributed by atoms with Crippen molar-refractivity contribution in [1.29, 1.82) is 0 Å². The first-order chi connectivity index (χ1) is 18.9. The highest BCUT2D eigenvalue weighted by molar-refractivity contribution is 5.88. The predicted molar refractivity (Wildman–Crippen MR) is 146 cm³/mol. The van der Waals surface area contributed by atoms with Crippen LogP contribution in [-0.4, -0.2) is 45.7 Å². The van der Waals surface area contributed by atoms with Crippen molar-refractivity contribution in [1.82, 2.24) is 19.8 Å². The van der Waals surface area contributed by atoms with Gasteiger partial charge in [0.15, 0.2) is 0 Å². The Hall–Kier alpha value is -3.76. The SMILES string of the molecule is Cc1cc(C)cc(-c2cnc3cc(C(F)(F)F)n(-c4cc(O)cc(F)c4)c(=O)c3c2CN(C)C[C@@H]2CCCN2)c1. The molecule has 210 valence electrons. The van der Waals surface area contributed by atoms with Crippen LogP contribution in [0.4, 0.5) is 17.6 Å². The van der Waals surface area contributed by atoms with Crippen molar-refractivity contribution in [3.05, 3.63) is 87.2 Å². The van der Waals surface area contributed by atoms with Crippen LogP contribution >= 0.6 is 0 Å². The zero-order valence-corrected chi connectivity index (χ0v) is 22.4. The van der Waals surface area contributed by atoms with E-state index in [1.807, 2.05) is 44.0 Å². The summed E-state index contributed by atoms with van der Waals surface area (Å²) in [7, 11) is 1.91. The minimum Gasteiger partial charge on any atom is -0.508 e. The number of aromatic hydroxyl groups is 1. The molecule has 0 aliphatic carbocycles. The van der Waals surface area contributed by atoms with E-state index in [2.05, 4.69) is 10.3 Å². The Bertz CT molecular complexity index is 1600. The van der Waals surface area contributed by atoms with Crippen LogP contribution in [0.25, 0.3) is 27.7 Å². The molecule has 40 heavy (non-hydrogen) atoms. The first kappa shape index (κ1) is 27.8. The molecule has 3 heterocycles. The molecule has 10 heteroatoms. The molecule has 1 aliphatic rings. The number of rotatable bonds is 6. The van der Waals surface area contributed by atoms with Crippen LogP contribution in [0.15, 0.2) is 53.5 Å². The highest BCUT2D eigenvalue weighted by atomic mass is 19.4. The summed E-state index contributed by atoms with van der Waals surface area (Å²) in [6, 6.07) is 9.48. The number of fused-ring (bicyclic) bond motifs is 1.